The predicted molar refractivity (Wildman–Crippen MR) is 72.6 cm³/mol. The number of ether oxygens (including phenoxy) is 1. The average Bonchev–Trinajstić information content (AvgIpc) is 2.38. The molecule has 0 saturated carbocycles. The van der Waals surface area contributed by atoms with Crippen LogP contribution in [-0.4, -0.2) is 19.1 Å². The lowest BCUT2D eigenvalue weighted by Gasteiger charge is -2.19. The van der Waals surface area contributed by atoms with E-state index in [4.69, 9.17) is 10.6 Å². The van der Waals surface area contributed by atoms with Crippen LogP contribution in [0.3, 0.4) is 0 Å². The quantitative estimate of drug-likeness (QED) is 0.410. The Bertz CT molecular complexity index is 396. The van der Waals surface area contributed by atoms with Crippen molar-refractivity contribution in [3.63, 3.8) is 0 Å². The molecule has 0 unspecified atom stereocenters. The predicted octanol–water partition coefficient (Wildman–Crippen LogP) is 1.08. The van der Waals surface area contributed by atoms with Gasteiger partial charge in [-0.05, 0) is 18.6 Å². The van der Waals surface area contributed by atoms with Crippen LogP contribution in [0, 0.1) is 0 Å². The van der Waals surface area contributed by atoms with Crippen molar-refractivity contribution in [3.05, 3.63) is 24.3 Å². The van der Waals surface area contributed by atoms with Gasteiger partial charge in [-0.2, -0.15) is 0 Å². The van der Waals surface area contributed by atoms with Crippen molar-refractivity contribution in [3.8, 4) is 5.75 Å². The molecule has 5 heteroatoms. The minimum absolute atomic E-state index is 0.347. The van der Waals surface area contributed by atoms with E-state index in [0.717, 1.165) is 17.9 Å². The fourth-order valence-corrected chi connectivity index (χ4v) is 1.70. The summed E-state index contributed by atoms with van der Waals surface area (Å²) >= 11 is 0. The van der Waals surface area contributed by atoms with E-state index < -0.39 is 5.97 Å². The van der Waals surface area contributed by atoms with E-state index in [2.05, 4.69) is 6.92 Å². The van der Waals surface area contributed by atoms with E-state index in [-0.39, 0.29) is 6.54 Å². The van der Waals surface area contributed by atoms with Crippen LogP contribution in [0.15, 0.2) is 24.3 Å². The van der Waals surface area contributed by atoms with Crippen molar-refractivity contribution in [2.45, 2.75) is 32.6 Å². The van der Waals surface area contributed by atoms with Gasteiger partial charge in [0.15, 0.2) is 0 Å². The summed E-state index contributed by atoms with van der Waals surface area (Å²) in [7, 11) is 0. The van der Waals surface area contributed by atoms with Crippen LogP contribution >= 0.6 is 0 Å². The third kappa shape index (κ3) is 6.10. The average molecular weight is 265 g/mol. The number of anilines is 1. The topological polar surface area (TPSA) is 78.6 Å². The SMILES string of the molecule is CCCCCCOc1cccc(N(N)CC(=O)[O-])c1. The first-order chi connectivity index (χ1) is 9.13. The number of aliphatic carboxylic acids is 1. The molecule has 0 aliphatic rings. The number of carbonyl (C=O) groups excluding carboxylic acids is 1. The van der Waals surface area contributed by atoms with Gasteiger partial charge in [0.25, 0.3) is 0 Å². The lowest BCUT2D eigenvalue weighted by Crippen LogP contribution is -2.42. The second kappa shape index (κ2) is 8.37. The summed E-state index contributed by atoms with van der Waals surface area (Å²) in [5, 5.41) is 11.6. The van der Waals surface area contributed by atoms with E-state index in [0.29, 0.717) is 18.0 Å². The van der Waals surface area contributed by atoms with Crippen molar-refractivity contribution in [2.75, 3.05) is 18.2 Å². The van der Waals surface area contributed by atoms with Crippen LogP contribution in [0.5, 0.6) is 5.75 Å². The molecule has 0 aromatic heterocycles. The molecule has 5 nitrogen and oxygen atoms in total. The number of nitrogens with zero attached hydrogens (tertiary/aromatic N) is 1. The number of benzene rings is 1. The molecule has 0 heterocycles. The van der Waals surface area contributed by atoms with Gasteiger partial charge in [0, 0.05) is 6.07 Å². The van der Waals surface area contributed by atoms with Crippen molar-refractivity contribution in [1.82, 2.24) is 0 Å². The molecule has 1 aromatic carbocycles. The Kier molecular flexibility index (Phi) is 6.74. The molecule has 19 heavy (non-hydrogen) atoms. The molecule has 106 valence electrons. The Hall–Kier alpha value is -1.75. The molecule has 0 aliphatic carbocycles. The molecule has 0 radical (unpaired) electrons. The van der Waals surface area contributed by atoms with Crippen LogP contribution in [0.2, 0.25) is 0 Å². The van der Waals surface area contributed by atoms with Gasteiger partial charge in [-0.25, -0.2) is 5.84 Å². The zero-order valence-corrected chi connectivity index (χ0v) is 11.3. The minimum atomic E-state index is -1.21. The van der Waals surface area contributed by atoms with Crippen LogP contribution < -0.4 is 20.7 Å². The number of carboxylic acids is 1. The Balaban J connectivity index is 2.45. The molecule has 0 bridgehead atoms. The Morgan fingerprint density at radius 1 is 1.37 bits per heavy atom. The number of rotatable bonds is 9. The summed E-state index contributed by atoms with van der Waals surface area (Å²) in [6.07, 6.45) is 4.58. The Labute approximate surface area is 113 Å². The molecule has 0 aliphatic heterocycles. The van der Waals surface area contributed by atoms with Crippen molar-refractivity contribution >= 4 is 11.7 Å². The molecule has 1 rings (SSSR count). The molecule has 0 amide bonds. The monoisotopic (exact) mass is 265 g/mol. The fourth-order valence-electron chi connectivity index (χ4n) is 1.70. The second-order valence-corrected chi connectivity index (χ2v) is 4.41. The van der Waals surface area contributed by atoms with E-state index in [1.807, 2.05) is 6.07 Å². The van der Waals surface area contributed by atoms with Gasteiger partial charge in [-0.3, -0.25) is 0 Å². The molecular formula is C14H21N2O3-. The molecule has 0 saturated heterocycles. The maximum absolute atomic E-state index is 10.5. The van der Waals surface area contributed by atoms with Gasteiger partial charge in [-0.1, -0.05) is 32.3 Å². The van der Waals surface area contributed by atoms with Crippen LogP contribution in [0.1, 0.15) is 32.6 Å². The van der Waals surface area contributed by atoms with Crippen molar-refractivity contribution < 1.29 is 14.6 Å². The molecule has 0 atom stereocenters. The smallest absolute Gasteiger partial charge is 0.121 e. The number of nitrogens with two attached hydrogens (primary N) is 1. The Morgan fingerprint density at radius 2 is 2.16 bits per heavy atom. The third-order valence-electron chi connectivity index (χ3n) is 2.72. The zero-order chi connectivity index (χ0) is 14.1. The summed E-state index contributed by atoms with van der Waals surface area (Å²) in [6, 6.07) is 7.07. The summed E-state index contributed by atoms with van der Waals surface area (Å²) in [4.78, 5) is 10.5. The summed E-state index contributed by atoms with van der Waals surface area (Å²) in [5.41, 5.74) is 0.593. The number of hydrogen-bond donors (Lipinski definition) is 1. The number of unbranched alkanes of at least 4 members (excludes halogenated alkanes) is 3. The summed E-state index contributed by atoms with van der Waals surface area (Å²) in [5.74, 6) is 5.10. The van der Waals surface area contributed by atoms with Gasteiger partial charge < -0.3 is 19.6 Å². The first-order valence-corrected chi connectivity index (χ1v) is 6.58. The lowest BCUT2D eigenvalue weighted by atomic mass is 10.2. The molecular weight excluding hydrogens is 244 g/mol. The third-order valence-corrected chi connectivity index (χ3v) is 2.72. The zero-order valence-electron chi connectivity index (χ0n) is 11.3. The fraction of sp³-hybridized carbons (Fsp3) is 0.500. The van der Waals surface area contributed by atoms with Gasteiger partial charge in [0.2, 0.25) is 0 Å². The number of carboxylic acid groups (broad SMARTS) is 1. The van der Waals surface area contributed by atoms with E-state index in [9.17, 15) is 9.90 Å². The maximum Gasteiger partial charge on any atom is 0.121 e. The van der Waals surface area contributed by atoms with Crippen LogP contribution in [-0.2, 0) is 4.79 Å². The lowest BCUT2D eigenvalue weighted by molar-refractivity contribution is -0.303. The summed E-state index contributed by atoms with van der Waals surface area (Å²) < 4.78 is 5.60. The first kappa shape index (κ1) is 15.3. The number of hydrazine groups is 1. The van der Waals surface area contributed by atoms with E-state index >= 15 is 0 Å². The van der Waals surface area contributed by atoms with Gasteiger partial charge in [-0.15, -0.1) is 0 Å². The van der Waals surface area contributed by atoms with Crippen LogP contribution in [0.25, 0.3) is 0 Å². The second-order valence-electron chi connectivity index (χ2n) is 4.41. The number of hydrogen-bond acceptors (Lipinski definition) is 5. The van der Waals surface area contributed by atoms with Crippen LogP contribution in [0.4, 0.5) is 5.69 Å². The standard InChI is InChI=1S/C14H22N2O3/c1-2-3-4-5-9-19-13-8-6-7-12(10-13)16(15)11-14(17)18/h6-8,10H,2-5,9,11,15H2,1H3,(H,17,18)/p-1. The molecule has 0 spiro atoms. The van der Waals surface area contributed by atoms with Crippen molar-refractivity contribution in [1.29, 1.82) is 0 Å². The summed E-state index contributed by atoms with van der Waals surface area (Å²) in [6.45, 7) is 2.48. The first-order valence-electron chi connectivity index (χ1n) is 6.58. The highest BCUT2D eigenvalue weighted by atomic mass is 16.5. The highest BCUT2D eigenvalue weighted by molar-refractivity contribution is 5.71. The van der Waals surface area contributed by atoms with E-state index in [1.54, 1.807) is 18.2 Å². The van der Waals surface area contributed by atoms with Gasteiger partial charge >= 0.3 is 0 Å². The number of carbonyl (C=O) groups is 1. The highest BCUT2D eigenvalue weighted by Crippen LogP contribution is 2.19. The normalized spacial score (nSPS) is 10.2. The van der Waals surface area contributed by atoms with Crippen molar-refractivity contribution in [2.24, 2.45) is 5.84 Å². The minimum Gasteiger partial charge on any atom is -0.548 e. The molecule has 2 N–H and O–H groups in total. The molecule has 0 fully saturated rings. The van der Waals surface area contributed by atoms with Gasteiger partial charge in [0.05, 0.1) is 24.8 Å². The Morgan fingerprint density at radius 3 is 2.84 bits per heavy atom. The largest absolute Gasteiger partial charge is 0.548 e. The van der Waals surface area contributed by atoms with E-state index in [1.165, 1.54) is 12.8 Å². The maximum atomic E-state index is 10.5. The highest BCUT2D eigenvalue weighted by Gasteiger charge is 2.03. The molecule has 1 aromatic rings. The van der Waals surface area contributed by atoms with Gasteiger partial charge in [0.1, 0.15) is 5.75 Å².